The van der Waals surface area contributed by atoms with Crippen LogP contribution in [0.1, 0.15) is 0 Å². The third kappa shape index (κ3) is 5.88. The van der Waals surface area contributed by atoms with Crippen LogP contribution in [0, 0.1) is 0 Å². The van der Waals surface area contributed by atoms with E-state index in [4.69, 9.17) is 4.42 Å². The number of fused-ring (bicyclic) bond motifs is 7. The fourth-order valence-corrected chi connectivity index (χ4v) is 9.62. The van der Waals surface area contributed by atoms with Crippen LogP contribution < -0.4 is 4.90 Å². The van der Waals surface area contributed by atoms with Crippen molar-refractivity contribution < 1.29 is 4.42 Å². The molecule has 0 spiro atoms. The number of benzene rings is 11. The van der Waals surface area contributed by atoms with Gasteiger partial charge in [-0.2, -0.15) is 0 Å². The van der Waals surface area contributed by atoms with Gasteiger partial charge in [0.15, 0.2) is 5.58 Å². The Hall–Kier alpha value is -8.20. The lowest BCUT2D eigenvalue weighted by molar-refractivity contribution is 0.669. The molecule has 11 aromatic carbocycles. The van der Waals surface area contributed by atoms with Crippen LogP contribution >= 0.6 is 0 Å². The van der Waals surface area contributed by atoms with Crippen molar-refractivity contribution >= 4 is 71.3 Å². The first-order valence-electron chi connectivity index (χ1n) is 21.3. The van der Waals surface area contributed by atoms with Crippen molar-refractivity contribution in [3.05, 3.63) is 237 Å². The maximum atomic E-state index is 6.89. The summed E-state index contributed by atoms with van der Waals surface area (Å²) in [5, 5.41) is 9.38. The predicted octanol–water partition coefficient (Wildman–Crippen LogP) is 17.2. The summed E-state index contributed by atoms with van der Waals surface area (Å²) in [5.41, 5.74) is 14.3. The van der Waals surface area contributed by atoms with Crippen LogP contribution in [0.25, 0.3) is 98.8 Å². The van der Waals surface area contributed by atoms with E-state index in [1.54, 1.807) is 0 Å². The number of hydrogen-bond donors (Lipinski definition) is 0. The lowest BCUT2D eigenvalue weighted by Gasteiger charge is -2.31. The maximum absolute atomic E-state index is 6.89. The molecule has 0 aliphatic rings. The smallest absolute Gasteiger partial charge is 0.159 e. The number of hydrogen-bond acceptors (Lipinski definition) is 2. The molecule has 0 fully saturated rings. The molecule has 0 saturated carbocycles. The average molecular weight is 790 g/mol. The normalized spacial score (nSPS) is 11.5. The van der Waals surface area contributed by atoms with E-state index in [0.717, 1.165) is 50.0 Å². The van der Waals surface area contributed by atoms with E-state index in [1.807, 2.05) is 6.07 Å². The van der Waals surface area contributed by atoms with Gasteiger partial charge in [0.1, 0.15) is 5.58 Å². The van der Waals surface area contributed by atoms with E-state index in [-0.39, 0.29) is 0 Å². The van der Waals surface area contributed by atoms with Gasteiger partial charge in [-0.05, 0) is 96.2 Å². The molecule has 0 bridgehead atoms. The molecule has 0 aliphatic heterocycles. The van der Waals surface area contributed by atoms with E-state index in [2.05, 4.69) is 235 Å². The van der Waals surface area contributed by atoms with Crippen molar-refractivity contribution in [1.82, 2.24) is 0 Å². The van der Waals surface area contributed by atoms with Gasteiger partial charge >= 0.3 is 0 Å². The molecule has 2 heteroatoms. The summed E-state index contributed by atoms with van der Waals surface area (Å²) in [4.78, 5) is 2.46. The lowest BCUT2D eigenvalue weighted by Crippen LogP contribution is -2.13. The van der Waals surface area contributed by atoms with Gasteiger partial charge in [0.05, 0.1) is 11.4 Å². The molecule has 1 heterocycles. The minimum Gasteiger partial charge on any atom is -0.454 e. The maximum Gasteiger partial charge on any atom is 0.159 e. The molecule has 0 saturated heterocycles. The number of nitrogens with zero attached hydrogens (tertiary/aromatic N) is 1. The summed E-state index contributed by atoms with van der Waals surface area (Å²) in [5.74, 6) is 0. The van der Waals surface area contributed by atoms with Gasteiger partial charge in [-0.15, -0.1) is 0 Å². The molecule has 62 heavy (non-hydrogen) atoms. The molecule has 12 aromatic rings. The molecule has 0 N–H and O–H groups in total. The summed E-state index contributed by atoms with van der Waals surface area (Å²) in [6, 6.07) is 85.5. The minimum atomic E-state index is 0.848. The van der Waals surface area contributed by atoms with Crippen molar-refractivity contribution in [3.63, 3.8) is 0 Å². The van der Waals surface area contributed by atoms with Gasteiger partial charge in [0.25, 0.3) is 0 Å². The van der Waals surface area contributed by atoms with Crippen LogP contribution in [0.4, 0.5) is 17.1 Å². The Morgan fingerprint density at radius 1 is 0.306 bits per heavy atom. The highest BCUT2D eigenvalue weighted by atomic mass is 16.3. The standard InChI is InChI=1S/C60H39NO/c1-3-17-40(18-4-1)44-35-38-47(41-19-5-2-6-20-41)55(39-44)43-33-36-45(37-34-43)61(56-31-16-30-54-50-26-13-14-32-57(50)62-60(54)56)59-53-28-12-10-25-49(53)48-24-9-11-27-52(48)58(59)51-29-15-22-42-21-7-8-23-46(42)51/h1-39H. The summed E-state index contributed by atoms with van der Waals surface area (Å²) in [6.07, 6.45) is 0. The Balaban J connectivity index is 1.16. The highest BCUT2D eigenvalue weighted by Gasteiger charge is 2.27. The first-order chi connectivity index (χ1) is 30.8. The Bertz CT molecular complexity index is 3620. The third-order valence-electron chi connectivity index (χ3n) is 12.5. The SMILES string of the molecule is c1ccc(-c2ccc(-c3ccccc3)c(-c3ccc(N(c4c(-c5cccc6ccccc56)c5ccccc5c5ccccc45)c4cccc5c4oc4ccccc45)cc3)c2)cc1. The van der Waals surface area contributed by atoms with Crippen LogP contribution in [-0.4, -0.2) is 0 Å². The molecule has 0 amide bonds. The van der Waals surface area contributed by atoms with Crippen molar-refractivity contribution in [3.8, 4) is 44.5 Å². The molecule has 1 aromatic heterocycles. The van der Waals surface area contributed by atoms with Crippen LogP contribution in [0.2, 0.25) is 0 Å². The monoisotopic (exact) mass is 789 g/mol. The van der Waals surface area contributed by atoms with Crippen molar-refractivity contribution in [1.29, 1.82) is 0 Å². The first kappa shape index (κ1) is 35.7. The number of rotatable bonds is 7. The van der Waals surface area contributed by atoms with Crippen LogP contribution in [-0.2, 0) is 0 Å². The third-order valence-corrected chi connectivity index (χ3v) is 12.5. The Morgan fingerprint density at radius 3 is 1.63 bits per heavy atom. The molecular formula is C60H39NO. The van der Waals surface area contributed by atoms with E-state index in [9.17, 15) is 0 Å². The summed E-state index contributed by atoms with van der Waals surface area (Å²) in [7, 11) is 0. The molecule has 0 unspecified atom stereocenters. The van der Waals surface area contributed by atoms with E-state index in [1.165, 1.54) is 65.9 Å². The van der Waals surface area contributed by atoms with Crippen molar-refractivity contribution in [2.75, 3.05) is 4.90 Å². The highest BCUT2D eigenvalue weighted by Crippen LogP contribution is 2.52. The van der Waals surface area contributed by atoms with Crippen LogP contribution in [0.3, 0.4) is 0 Å². The van der Waals surface area contributed by atoms with Crippen molar-refractivity contribution in [2.45, 2.75) is 0 Å². The van der Waals surface area contributed by atoms with Gasteiger partial charge < -0.3 is 9.32 Å². The quantitative estimate of drug-likeness (QED) is 0.150. The minimum absolute atomic E-state index is 0.848. The number of para-hydroxylation sites is 2. The van der Waals surface area contributed by atoms with Gasteiger partial charge in [-0.25, -0.2) is 0 Å². The van der Waals surface area contributed by atoms with E-state index >= 15 is 0 Å². The van der Waals surface area contributed by atoms with Crippen LogP contribution in [0.15, 0.2) is 241 Å². The zero-order valence-electron chi connectivity index (χ0n) is 33.9. The first-order valence-corrected chi connectivity index (χ1v) is 21.3. The zero-order chi connectivity index (χ0) is 41.0. The van der Waals surface area contributed by atoms with Gasteiger partial charge in [-0.3, -0.25) is 0 Å². The average Bonchev–Trinajstić information content (AvgIpc) is 3.74. The Kier molecular flexibility index (Phi) is 8.53. The van der Waals surface area contributed by atoms with Crippen LogP contribution in [0.5, 0.6) is 0 Å². The largest absolute Gasteiger partial charge is 0.454 e. The summed E-state index contributed by atoms with van der Waals surface area (Å²) < 4.78 is 6.89. The second kappa shape index (κ2) is 14.8. The molecule has 12 rings (SSSR count). The number of furan rings is 1. The Morgan fingerprint density at radius 2 is 0.855 bits per heavy atom. The highest BCUT2D eigenvalue weighted by molar-refractivity contribution is 6.25. The lowest BCUT2D eigenvalue weighted by atomic mass is 9.87. The van der Waals surface area contributed by atoms with Gasteiger partial charge in [0.2, 0.25) is 0 Å². The fourth-order valence-electron chi connectivity index (χ4n) is 9.62. The molecular weight excluding hydrogens is 751 g/mol. The summed E-state index contributed by atoms with van der Waals surface area (Å²) in [6.45, 7) is 0. The predicted molar refractivity (Wildman–Crippen MR) is 263 cm³/mol. The Labute approximate surface area is 360 Å². The van der Waals surface area contributed by atoms with Gasteiger partial charge in [0, 0.05) is 27.4 Å². The second-order valence-electron chi connectivity index (χ2n) is 16.0. The van der Waals surface area contributed by atoms with E-state index in [0.29, 0.717) is 0 Å². The molecule has 2 nitrogen and oxygen atoms in total. The molecule has 290 valence electrons. The molecule has 0 radical (unpaired) electrons. The number of anilines is 3. The topological polar surface area (TPSA) is 16.4 Å². The summed E-state index contributed by atoms with van der Waals surface area (Å²) >= 11 is 0. The second-order valence-corrected chi connectivity index (χ2v) is 16.0. The fraction of sp³-hybridized carbons (Fsp3) is 0. The van der Waals surface area contributed by atoms with Crippen molar-refractivity contribution in [2.24, 2.45) is 0 Å². The molecule has 0 aliphatic carbocycles. The zero-order valence-corrected chi connectivity index (χ0v) is 33.9. The van der Waals surface area contributed by atoms with E-state index < -0.39 is 0 Å². The molecule has 0 atom stereocenters. The van der Waals surface area contributed by atoms with Gasteiger partial charge in [-0.1, -0.05) is 206 Å².